The number of hydrogen-bond donors (Lipinski definition) is 1. The highest BCUT2D eigenvalue weighted by atomic mass is 35.5. The molecule has 3 aromatic rings. The monoisotopic (exact) mass is 484 g/mol. The second kappa shape index (κ2) is 10.8. The molecule has 2 aromatic carbocycles. The van der Waals surface area contributed by atoms with E-state index in [-0.39, 0.29) is 36.0 Å². The van der Waals surface area contributed by atoms with Crippen molar-refractivity contribution in [2.75, 3.05) is 18.4 Å². The molecule has 0 aliphatic carbocycles. The number of carbonyl (C=O) groups is 2. The Morgan fingerprint density at radius 3 is 2.41 bits per heavy atom. The maximum atomic E-state index is 13.2. The molecule has 1 heterocycles. The first kappa shape index (κ1) is 25.4. The van der Waals surface area contributed by atoms with Gasteiger partial charge in [-0.25, -0.2) is 9.07 Å². The lowest BCUT2D eigenvalue weighted by Gasteiger charge is -2.22. The van der Waals surface area contributed by atoms with Gasteiger partial charge in [0.1, 0.15) is 11.6 Å². The first-order chi connectivity index (χ1) is 16.1. The molecule has 0 unspecified atom stereocenters. The van der Waals surface area contributed by atoms with Crippen LogP contribution in [0.5, 0.6) is 0 Å². The van der Waals surface area contributed by atoms with E-state index in [9.17, 15) is 14.0 Å². The molecule has 3 rings (SSSR count). The molecule has 0 atom stereocenters. The summed E-state index contributed by atoms with van der Waals surface area (Å²) < 4.78 is 14.8. The highest BCUT2D eigenvalue weighted by molar-refractivity contribution is 6.32. The van der Waals surface area contributed by atoms with Crippen molar-refractivity contribution in [3.8, 4) is 5.69 Å². The molecule has 0 bridgehead atoms. The summed E-state index contributed by atoms with van der Waals surface area (Å²) >= 11 is 6.39. The molecule has 1 N–H and O–H groups in total. The van der Waals surface area contributed by atoms with Crippen LogP contribution in [0.25, 0.3) is 5.69 Å². The summed E-state index contributed by atoms with van der Waals surface area (Å²) in [5.74, 6) is -0.413. The third-order valence-electron chi connectivity index (χ3n) is 5.28. The fraction of sp³-hybridized carbons (Fsp3) is 0.346. The van der Waals surface area contributed by atoms with Gasteiger partial charge in [0.15, 0.2) is 0 Å². The lowest BCUT2D eigenvalue weighted by atomic mass is 9.92. The zero-order valence-electron chi connectivity index (χ0n) is 19.9. The van der Waals surface area contributed by atoms with Crippen LogP contribution >= 0.6 is 11.6 Å². The first-order valence-corrected chi connectivity index (χ1v) is 11.6. The van der Waals surface area contributed by atoms with Gasteiger partial charge in [0.05, 0.1) is 29.4 Å². The molecular weight excluding hydrogens is 455 g/mol. The number of aromatic nitrogens is 2. The maximum Gasteiger partial charge on any atom is 0.245 e. The number of benzene rings is 2. The quantitative estimate of drug-likeness (QED) is 0.466. The van der Waals surface area contributed by atoms with Gasteiger partial charge in [-0.05, 0) is 36.2 Å². The summed E-state index contributed by atoms with van der Waals surface area (Å²) in [6.45, 7) is 8.38. The number of para-hydroxylation sites is 1. The SMILES string of the molecule is CCCN(CC(=O)Nc1cc(C(C)(C)C)nn1-c1ccccc1Cl)C(=O)Cc1ccc(F)cc1. The van der Waals surface area contributed by atoms with Crippen molar-refractivity contribution in [3.05, 3.63) is 76.7 Å². The molecule has 1 aromatic heterocycles. The van der Waals surface area contributed by atoms with Crippen LogP contribution in [0.1, 0.15) is 45.4 Å². The lowest BCUT2D eigenvalue weighted by molar-refractivity contribution is -0.134. The fourth-order valence-corrected chi connectivity index (χ4v) is 3.67. The summed E-state index contributed by atoms with van der Waals surface area (Å²) in [6.07, 6.45) is 0.799. The Kier molecular flexibility index (Phi) is 8.10. The average Bonchev–Trinajstić information content (AvgIpc) is 3.19. The van der Waals surface area contributed by atoms with Crippen LogP contribution in [0.4, 0.5) is 10.2 Å². The van der Waals surface area contributed by atoms with E-state index in [0.29, 0.717) is 35.1 Å². The van der Waals surface area contributed by atoms with Gasteiger partial charge in [0, 0.05) is 18.0 Å². The van der Waals surface area contributed by atoms with Crippen LogP contribution in [0, 0.1) is 5.82 Å². The summed E-state index contributed by atoms with van der Waals surface area (Å²) in [6, 6.07) is 14.9. The fourth-order valence-electron chi connectivity index (χ4n) is 3.45. The predicted molar refractivity (Wildman–Crippen MR) is 133 cm³/mol. The molecule has 0 spiro atoms. The highest BCUT2D eigenvalue weighted by Crippen LogP contribution is 2.29. The van der Waals surface area contributed by atoms with E-state index in [4.69, 9.17) is 11.6 Å². The molecule has 0 fully saturated rings. The van der Waals surface area contributed by atoms with E-state index in [0.717, 1.165) is 5.69 Å². The molecule has 180 valence electrons. The minimum Gasteiger partial charge on any atom is -0.333 e. The van der Waals surface area contributed by atoms with Crippen molar-refractivity contribution in [2.24, 2.45) is 0 Å². The molecule has 2 amide bonds. The van der Waals surface area contributed by atoms with Gasteiger partial charge in [-0.1, -0.05) is 63.6 Å². The van der Waals surface area contributed by atoms with Crippen molar-refractivity contribution in [1.29, 1.82) is 0 Å². The standard InChI is InChI=1S/C26H30ClFN4O2/c1-5-14-31(25(34)15-18-10-12-19(28)13-11-18)17-24(33)29-23-16-22(26(2,3)4)30-32(23)21-9-7-6-8-20(21)27/h6-13,16H,5,14-15,17H2,1-4H3,(H,29,33). The molecule has 0 aliphatic heterocycles. The number of carbonyl (C=O) groups excluding carboxylic acids is 2. The van der Waals surface area contributed by atoms with Gasteiger partial charge in [0.2, 0.25) is 11.8 Å². The second-order valence-electron chi connectivity index (χ2n) is 9.19. The van der Waals surface area contributed by atoms with Gasteiger partial charge in [-0.15, -0.1) is 0 Å². The number of rotatable bonds is 8. The Hall–Kier alpha value is -3.19. The predicted octanol–water partition coefficient (Wildman–Crippen LogP) is 5.38. The third-order valence-corrected chi connectivity index (χ3v) is 5.59. The number of anilines is 1. The zero-order valence-corrected chi connectivity index (χ0v) is 20.7. The topological polar surface area (TPSA) is 67.2 Å². The average molecular weight is 485 g/mol. The van der Waals surface area contributed by atoms with Gasteiger partial charge >= 0.3 is 0 Å². The van der Waals surface area contributed by atoms with E-state index in [1.165, 1.54) is 17.0 Å². The molecule has 8 heteroatoms. The molecular formula is C26H30ClFN4O2. The van der Waals surface area contributed by atoms with E-state index in [1.807, 2.05) is 52.0 Å². The van der Waals surface area contributed by atoms with E-state index >= 15 is 0 Å². The Labute approximate surface area is 204 Å². The van der Waals surface area contributed by atoms with E-state index in [1.54, 1.807) is 22.9 Å². The smallest absolute Gasteiger partial charge is 0.245 e. The van der Waals surface area contributed by atoms with Crippen LogP contribution in [0.15, 0.2) is 54.6 Å². The Morgan fingerprint density at radius 2 is 1.79 bits per heavy atom. The van der Waals surface area contributed by atoms with Gasteiger partial charge < -0.3 is 10.2 Å². The molecule has 0 aliphatic rings. The van der Waals surface area contributed by atoms with Crippen molar-refractivity contribution in [2.45, 2.75) is 46.0 Å². The third kappa shape index (κ3) is 6.44. The summed E-state index contributed by atoms with van der Waals surface area (Å²) in [7, 11) is 0. The van der Waals surface area contributed by atoms with E-state index in [2.05, 4.69) is 10.4 Å². The lowest BCUT2D eigenvalue weighted by Crippen LogP contribution is -2.39. The number of nitrogens with zero attached hydrogens (tertiary/aromatic N) is 3. The molecule has 34 heavy (non-hydrogen) atoms. The van der Waals surface area contributed by atoms with Crippen molar-refractivity contribution in [3.63, 3.8) is 0 Å². The minimum absolute atomic E-state index is 0.0965. The number of hydrogen-bond acceptors (Lipinski definition) is 3. The van der Waals surface area contributed by atoms with Gasteiger partial charge in [0.25, 0.3) is 0 Å². The Bertz CT molecular complexity index is 1150. The van der Waals surface area contributed by atoms with Crippen LogP contribution in [-0.2, 0) is 21.4 Å². The molecule has 0 radical (unpaired) electrons. The minimum atomic E-state index is -0.356. The Balaban J connectivity index is 1.80. The van der Waals surface area contributed by atoms with Crippen LogP contribution in [-0.4, -0.2) is 39.6 Å². The van der Waals surface area contributed by atoms with Crippen LogP contribution in [0.3, 0.4) is 0 Å². The maximum absolute atomic E-state index is 13.2. The largest absolute Gasteiger partial charge is 0.333 e. The number of halogens is 2. The van der Waals surface area contributed by atoms with Crippen LogP contribution < -0.4 is 5.32 Å². The van der Waals surface area contributed by atoms with Crippen molar-refractivity contribution in [1.82, 2.24) is 14.7 Å². The zero-order chi connectivity index (χ0) is 24.9. The van der Waals surface area contributed by atoms with E-state index < -0.39 is 0 Å². The number of amides is 2. The normalized spacial score (nSPS) is 11.4. The van der Waals surface area contributed by atoms with Gasteiger partial charge in [-0.3, -0.25) is 9.59 Å². The van der Waals surface area contributed by atoms with Crippen molar-refractivity contribution >= 4 is 29.2 Å². The summed E-state index contributed by atoms with van der Waals surface area (Å²) in [5, 5.41) is 8.09. The molecule has 6 nitrogen and oxygen atoms in total. The Morgan fingerprint density at radius 1 is 1.12 bits per heavy atom. The van der Waals surface area contributed by atoms with Crippen LogP contribution in [0.2, 0.25) is 5.02 Å². The summed E-state index contributed by atoms with van der Waals surface area (Å²) in [5.41, 5.74) is 1.89. The molecule has 0 saturated carbocycles. The summed E-state index contributed by atoms with van der Waals surface area (Å²) in [4.78, 5) is 27.4. The second-order valence-corrected chi connectivity index (χ2v) is 9.60. The number of nitrogens with one attached hydrogen (secondary N) is 1. The highest BCUT2D eigenvalue weighted by Gasteiger charge is 2.23. The van der Waals surface area contributed by atoms with Crippen molar-refractivity contribution < 1.29 is 14.0 Å². The first-order valence-electron chi connectivity index (χ1n) is 11.3. The van der Waals surface area contributed by atoms with Gasteiger partial charge in [-0.2, -0.15) is 5.10 Å². The molecule has 0 saturated heterocycles.